The van der Waals surface area contributed by atoms with E-state index in [0.717, 1.165) is 35.7 Å². The van der Waals surface area contributed by atoms with Crippen LogP contribution in [0.5, 0.6) is 0 Å². The lowest BCUT2D eigenvalue weighted by atomic mass is 10.2. The zero-order valence-electron chi connectivity index (χ0n) is 11.5. The number of alkyl halides is 3. The van der Waals surface area contributed by atoms with E-state index in [-0.39, 0.29) is 25.9 Å². The van der Waals surface area contributed by atoms with Gasteiger partial charge in [0.05, 0.1) is 15.9 Å². The number of pyridine rings is 1. The minimum absolute atomic E-state index is 0.0924. The molecule has 1 aromatic carbocycles. The molecular weight excluding hydrogens is 370 g/mol. The highest BCUT2D eigenvalue weighted by Crippen LogP contribution is 2.32. The summed E-state index contributed by atoms with van der Waals surface area (Å²) in [5.74, 6) is -1.28. The van der Waals surface area contributed by atoms with Crippen LogP contribution in [0.1, 0.15) is 16.1 Å². The fourth-order valence-electron chi connectivity index (χ4n) is 1.85. The molecule has 4 nitrogen and oxygen atoms in total. The fraction of sp³-hybridized carbons (Fsp3) is 0.0714. The van der Waals surface area contributed by atoms with Crippen molar-refractivity contribution < 1.29 is 22.4 Å². The minimum atomic E-state index is -4.56. The van der Waals surface area contributed by atoms with E-state index in [9.17, 15) is 22.4 Å². The number of carbonyl (C=O) groups is 1. The number of halogens is 5. The zero-order valence-corrected chi connectivity index (χ0v) is 13.1. The summed E-state index contributed by atoms with van der Waals surface area (Å²) in [6.45, 7) is 0. The van der Waals surface area contributed by atoms with Gasteiger partial charge in [0.2, 0.25) is 0 Å². The first-order valence-electron chi connectivity index (χ1n) is 6.34. The zero-order chi connectivity index (χ0) is 17.5. The molecule has 0 aliphatic heterocycles. The summed E-state index contributed by atoms with van der Waals surface area (Å²) in [4.78, 5) is 19.3. The van der Waals surface area contributed by atoms with Crippen LogP contribution in [0.3, 0.4) is 0 Å². The molecule has 0 unspecified atom stereocenters. The molecule has 0 bridgehead atoms. The van der Waals surface area contributed by atoms with Crippen molar-refractivity contribution >= 4 is 44.2 Å². The van der Waals surface area contributed by atoms with Crippen LogP contribution in [0.25, 0.3) is 10.2 Å². The van der Waals surface area contributed by atoms with Crippen molar-refractivity contribution in [2.45, 2.75) is 6.18 Å². The molecule has 0 saturated carbocycles. The molecule has 24 heavy (non-hydrogen) atoms. The number of carbonyl (C=O) groups excluding carboxylic acids is 1. The normalized spacial score (nSPS) is 11.7. The Hall–Kier alpha value is -2.26. The predicted molar refractivity (Wildman–Crippen MR) is 81.8 cm³/mol. The summed E-state index contributed by atoms with van der Waals surface area (Å²) in [6, 6.07) is 4.27. The van der Waals surface area contributed by atoms with Crippen LogP contribution in [0.2, 0.25) is 5.02 Å². The van der Waals surface area contributed by atoms with E-state index in [0.29, 0.717) is 0 Å². The quantitative estimate of drug-likeness (QED) is 0.657. The van der Waals surface area contributed by atoms with E-state index in [1.54, 1.807) is 0 Å². The molecule has 2 aromatic heterocycles. The Balaban J connectivity index is 1.87. The molecule has 0 aliphatic rings. The van der Waals surface area contributed by atoms with Crippen LogP contribution in [-0.4, -0.2) is 15.9 Å². The number of aromatic nitrogens is 2. The van der Waals surface area contributed by atoms with Gasteiger partial charge in [-0.2, -0.15) is 13.2 Å². The van der Waals surface area contributed by atoms with Crippen molar-refractivity contribution in [1.29, 1.82) is 0 Å². The molecule has 0 radical (unpaired) electrons. The first-order valence-corrected chi connectivity index (χ1v) is 7.53. The molecular formula is C14H6ClF4N3OS. The lowest BCUT2D eigenvalue weighted by Gasteiger charge is -2.03. The molecule has 124 valence electrons. The maximum Gasteiger partial charge on any atom is 0.433 e. The second kappa shape index (κ2) is 5.99. The Bertz CT molecular complexity index is 941. The van der Waals surface area contributed by atoms with Crippen molar-refractivity contribution in [2.75, 3.05) is 5.32 Å². The van der Waals surface area contributed by atoms with Crippen LogP contribution >= 0.6 is 22.9 Å². The van der Waals surface area contributed by atoms with Crippen LogP contribution in [-0.2, 0) is 6.18 Å². The summed E-state index contributed by atoms with van der Waals surface area (Å²) >= 11 is 6.47. The SMILES string of the molecule is O=C(Nc1nc2cnc(C(F)(F)F)cc2s1)c1ccc(F)c(Cl)c1. The summed E-state index contributed by atoms with van der Waals surface area (Å²) in [5.41, 5.74) is -0.725. The van der Waals surface area contributed by atoms with Gasteiger partial charge < -0.3 is 0 Å². The molecule has 10 heteroatoms. The van der Waals surface area contributed by atoms with Crippen molar-refractivity contribution in [1.82, 2.24) is 9.97 Å². The van der Waals surface area contributed by atoms with E-state index in [4.69, 9.17) is 11.6 Å². The number of amides is 1. The van der Waals surface area contributed by atoms with Crippen LogP contribution < -0.4 is 5.32 Å². The van der Waals surface area contributed by atoms with Gasteiger partial charge in [-0.25, -0.2) is 14.4 Å². The molecule has 1 amide bonds. The fourth-order valence-corrected chi connectivity index (χ4v) is 2.90. The van der Waals surface area contributed by atoms with Crippen LogP contribution in [0, 0.1) is 5.82 Å². The van der Waals surface area contributed by atoms with Gasteiger partial charge in [0, 0.05) is 5.56 Å². The topological polar surface area (TPSA) is 54.9 Å². The maximum atomic E-state index is 13.1. The Morgan fingerprint density at radius 3 is 2.67 bits per heavy atom. The standard InChI is InChI=1S/C14H6ClF4N3OS/c15-7-3-6(1-2-8(7)16)12(23)22-13-21-9-5-20-11(14(17,18)19)4-10(9)24-13/h1-5H,(H,21,22,23). The van der Waals surface area contributed by atoms with Gasteiger partial charge in [0.1, 0.15) is 17.0 Å². The van der Waals surface area contributed by atoms with Crippen LogP contribution in [0.4, 0.5) is 22.7 Å². The van der Waals surface area contributed by atoms with E-state index < -0.39 is 23.6 Å². The second-order valence-electron chi connectivity index (χ2n) is 4.64. The van der Waals surface area contributed by atoms with Gasteiger partial charge in [0.25, 0.3) is 5.91 Å². The third kappa shape index (κ3) is 3.31. The lowest BCUT2D eigenvalue weighted by Crippen LogP contribution is -2.11. The molecule has 0 saturated heterocycles. The van der Waals surface area contributed by atoms with Crippen molar-refractivity contribution in [3.05, 3.63) is 52.6 Å². The molecule has 1 N–H and O–H groups in total. The number of hydrogen-bond donors (Lipinski definition) is 1. The van der Waals surface area contributed by atoms with E-state index in [2.05, 4.69) is 15.3 Å². The highest BCUT2D eigenvalue weighted by molar-refractivity contribution is 7.22. The van der Waals surface area contributed by atoms with Gasteiger partial charge >= 0.3 is 6.18 Å². The van der Waals surface area contributed by atoms with Gasteiger partial charge in [-0.1, -0.05) is 22.9 Å². The third-order valence-corrected chi connectivity index (χ3v) is 4.19. The minimum Gasteiger partial charge on any atom is -0.298 e. The lowest BCUT2D eigenvalue weighted by molar-refractivity contribution is -0.141. The van der Waals surface area contributed by atoms with Crippen molar-refractivity contribution in [3.63, 3.8) is 0 Å². The highest BCUT2D eigenvalue weighted by Gasteiger charge is 2.32. The number of nitrogens with zero attached hydrogens (tertiary/aromatic N) is 2. The molecule has 0 spiro atoms. The predicted octanol–water partition coefficient (Wildman–Crippen LogP) is 4.75. The smallest absolute Gasteiger partial charge is 0.298 e. The maximum absolute atomic E-state index is 13.1. The first-order chi connectivity index (χ1) is 11.2. The Morgan fingerprint density at radius 1 is 1.25 bits per heavy atom. The summed E-state index contributed by atoms with van der Waals surface area (Å²) in [6.07, 6.45) is -3.58. The number of benzene rings is 1. The van der Waals surface area contributed by atoms with Crippen molar-refractivity contribution in [2.24, 2.45) is 0 Å². The summed E-state index contributed by atoms with van der Waals surface area (Å²) < 4.78 is 51.2. The van der Waals surface area contributed by atoms with Gasteiger partial charge in [-0.05, 0) is 24.3 Å². The molecule has 0 fully saturated rings. The van der Waals surface area contributed by atoms with Crippen LogP contribution in [0.15, 0.2) is 30.5 Å². The Labute approximate surface area is 141 Å². The number of fused-ring (bicyclic) bond motifs is 1. The largest absolute Gasteiger partial charge is 0.433 e. The number of anilines is 1. The Morgan fingerprint density at radius 2 is 2.00 bits per heavy atom. The molecule has 0 aliphatic carbocycles. The van der Waals surface area contributed by atoms with Crippen molar-refractivity contribution in [3.8, 4) is 0 Å². The summed E-state index contributed by atoms with van der Waals surface area (Å²) in [7, 11) is 0. The average Bonchev–Trinajstić information content (AvgIpc) is 2.90. The summed E-state index contributed by atoms with van der Waals surface area (Å²) in [5, 5.41) is 2.31. The number of hydrogen-bond acceptors (Lipinski definition) is 4. The third-order valence-electron chi connectivity index (χ3n) is 2.97. The number of thiazole rings is 1. The highest BCUT2D eigenvalue weighted by atomic mass is 35.5. The van der Waals surface area contributed by atoms with E-state index in [1.165, 1.54) is 6.07 Å². The van der Waals surface area contributed by atoms with Gasteiger partial charge in [0.15, 0.2) is 5.13 Å². The van der Waals surface area contributed by atoms with E-state index >= 15 is 0 Å². The Kier molecular flexibility index (Phi) is 4.14. The molecule has 3 aromatic rings. The number of nitrogens with one attached hydrogen (secondary N) is 1. The average molecular weight is 376 g/mol. The molecule has 3 rings (SSSR count). The van der Waals surface area contributed by atoms with Gasteiger partial charge in [-0.15, -0.1) is 0 Å². The second-order valence-corrected chi connectivity index (χ2v) is 6.07. The monoisotopic (exact) mass is 375 g/mol. The molecule has 0 atom stereocenters. The van der Waals surface area contributed by atoms with E-state index in [1.807, 2.05) is 0 Å². The van der Waals surface area contributed by atoms with Gasteiger partial charge in [-0.3, -0.25) is 10.1 Å². The first kappa shape index (κ1) is 16.6. The molecule has 2 heterocycles. The number of rotatable bonds is 2.